The average Bonchev–Trinajstić information content (AvgIpc) is 3.99. The zero-order valence-corrected chi connectivity index (χ0v) is 34.6. The number of ketones is 1. The number of pyridine rings is 1. The molecule has 0 radical (unpaired) electrons. The molecule has 5 aromatic rings. The number of piperazine rings is 1. The largest absolute Gasteiger partial charge is 0.391 e. The number of aromatic amines is 1. The maximum absolute atomic E-state index is 15.7. The Balaban J connectivity index is 0.809. The number of aliphatic hydroxyl groups excluding tert-OH is 1. The van der Waals surface area contributed by atoms with Gasteiger partial charge in [0.05, 0.1) is 17.4 Å². The second-order valence-electron chi connectivity index (χ2n) is 16.4. The number of halogens is 3. The highest BCUT2D eigenvalue weighted by molar-refractivity contribution is 7.90. The number of fused-ring (bicyclic) bond motifs is 2. The van der Waals surface area contributed by atoms with Gasteiger partial charge in [-0.25, -0.2) is 18.2 Å². The van der Waals surface area contributed by atoms with Gasteiger partial charge in [0.1, 0.15) is 23.7 Å². The molecule has 3 fully saturated rings. The second-order valence-corrected chi connectivity index (χ2v) is 18.0. The smallest absolute Gasteiger partial charge is 0.301 e. The van der Waals surface area contributed by atoms with Crippen molar-refractivity contribution in [2.45, 2.75) is 50.5 Å². The predicted octanol–water partition coefficient (Wildman–Crippen LogP) is 3.93. The Bertz CT molecular complexity index is 2760. The number of nitrogens with zero attached hydrogens (tertiary/aromatic N) is 5. The zero-order chi connectivity index (χ0) is 44.2. The average molecular weight is 885 g/mol. The van der Waals surface area contributed by atoms with Gasteiger partial charge in [0.25, 0.3) is 5.91 Å². The van der Waals surface area contributed by atoms with E-state index in [9.17, 15) is 37.1 Å². The molecule has 9 rings (SSSR count). The van der Waals surface area contributed by atoms with Gasteiger partial charge in [0.2, 0.25) is 17.6 Å². The lowest BCUT2D eigenvalue weighted by molar-refractivity contribution is -0.136. The van der Waals surface area contributed by atoms with E-state index in [4.69, 9.17) is 0 Å². The van der Waals surface area contributed by atoms with E-state index in [0.717, 1.165) is 65.0 Å². The molecule has 4 aliphatic heterocycles. The number of nitrogens with one attached hydrogen (secondary N) is 3. The van der Waals surface area contributed by atoms with E-state index in [0.29, 0.717) is 41.5 Å². The molecule has 3 aromatic carbocycles. The van der Waals surface area contributed by atoms with E-state index >= 15 is 8.78 Å². The van der Waals surface area contributed by atoms with Crippen molar-refractivity contribution in [1.82, 2.24) is 29.4 Å². The minimum Gasteiger partial charge on any atom is -0.391 e. The number of hydrogen-bond acceptors (Lipinski definition) is 10. The van der Waals surface area contributed by atoms with Crippen LogP contribution in [0.5, 0.6) is 0 Å². The van der Waals surface area contributed by atoms with Gasteiger partial charge in [-0.15, -0.1) is 0 Å². The first-order valence-electron chi connectivity index (χ1n) is 20.7. The number of H-pyrrole nitrogens is 1. The number of rotatable bonds is 12. The third-order valence-corrected chi connectivity index (χ3v) is 13.7. The van der Waals surface area contributed by atoms with Crippen molar-refractivity contribution in [3.8, 4) is 11.1 Å². The van der Waals surface area contributed by atoms with Gasteiger partial charge < -0.3 is 19.9 Å². The Hall–Kier alpha value is -6.15. The van der Waals surface area contributed by atoms with Gasteiger partial charge in [0.15, 0.2) is 5.82 Å². The van der Waals surface area contributed by atoms with Crippen LogP contribution in [0.1, 0.15) is 56.7 Å². The molecule has 4 aliphatic rings. The number of benzene rings is 3. The third kappa shape index (κ3) is 8.40. The Morgan fingerprint density at radius 1 is 0.952 bits per heavy atom. The number of aromatic nitrogens is 2. The van der Waals surface area contributed by atoms with E-state index in [-0.39, 0.29) is 43.3 Å². The Kier molecular flexibility index (Phi) is 11.3. The number of alkyl halides is 1. The summed E-state index contributed by atoms with van der Waals surface area (Å²) in [4.78, 5) is 64.0. The van der Waals surface area contributed by atoms with Gasteiger partial charge >= 0.3 is 10.2 Å². The molecule has 2 aromatic heterocycles. The molecule has 0 saturated carbocycles. The van der Waals surface area contributed by atoms with E-state index in [2.05, 4.69) is 25.1 Å². The maximum Gasteiger partial charge on any atom is 0.301 e. The number of carbonyl (C=O) groups is 4. The first-order chi connectivity index (χ1) is 30.2. The number of piperidine rings is 1. The first-order valence-corrected chi connectivity index (χ1v) is 22.1. The molecular formula is C44H43F3N8O7S. The summed E-state index contributed by atoms with van der Waals surface area (Å²) in [6.45, 7) is 3.12. The van der Waals surface area contributed by atoms with Gasteiger partial charge in [-0.05, 0) is 72.4 Å². The number of carbonyl (C=O) groups excluding carboxylic acids is 4. The monoisotopic (exact) mass is 884 g/mol. The lowest BCUT2D eigenvalue weighted by Gasteiger charge is -2.37. The Morgan fingerprint density at radius 3 is 2.46 bits per heavy atom. The van der Waals surface area contributed by atoms with E-state index in [1.807, 2.05) is 41.1 Å². The highest BCUT2D eigenvalue weighted by Gasteiger charge is 2.39. The summed E-state index contributed by atoms with van der Waals surface area (Å²) in [6.07, 6.45) is 1.78. The summed E-state index contributed by atoms with van der Waals surface area (Å²) in [5.41, 5.74) is 3.25. The molecule has 15 nitrogen and oxygen atoms in total. The van der Waals surface area contributed by atoms with Crippen LogP contribution in [-0.4, -0.2) is 125 Å². The predicted molar refractivity (Wildman–Crippen MR) is 226 cm³/mol. The lowest BCUT2D eigenvalue weighted by Crippen LogP contribution is -2.52. The Labute approximate surface area is 360 Å². The van der Waals surface area contributed by atoms with Crippen LogP contribution < -0.4 is 14.9 Å². The molecule has 4 N–H and O–H groups in total. The van der Waals surface area contributed by atoms with Crippen LogP contribution in [-0.2, 0) is 32.8 Å². The third-order valence-electron chi connectivity index (χ3n) is 12.2. The number of aliphatic hydroxyl groups is 1. The van der Waals surface area contributed by atoms with Gasteiger partial charge in [-0.3, -0.25) is 34.1 Å². The molecule has 3 amide bonds. The molecule has 3 atom stereocenters. The molecule has 0 aliphatic carbocycles. The van der Waals surface area contributed by atoms with Crippen molar-refractivity contribution < 1.29 is 45.9 Å². The molecular weight excluding hydrogens is 842 g/mol. The minimum absolute atomic E-state index is 0.00612. The molecule has 3 saturated heterocycles. The van der Waals surface area contributed by atoms with Gasteiger partial charge in [-0.2, -0.15) is 12.7 Å². The number of anilines is 2. The van der Waals surface area contributed by atoms with Crippen molar-refractivity contribution in [3.63, 3.8) is 0 Å². The number of β-amino-alcohol motifs (C(OH)–C–C–N with tert-alkyl or cyclic N) is 1. The summed E-state index contributed by atoms with van der Waals surface area (Å²) in [5.74, 6) is -4.64. The fourth-order valence-electron chi connectivity index (χ4n) is 8.88. The molecule has 19 heteroatoms. The standard InChI is InChI=1S/C44H43F3N8O7S/c45-29-11-12-54(23-29)63(61,62)51-36-8-7-35(46)39(40(36)47)41(58)34-21-49-42-33(34)19-27(20-48-42)26-2-4-30(5-3-26)53-15-13-52(14-16-53)24-31(56)18-25-1-6-32-28(17-25)22-55(44(32)60)37-9-10-38(57)50-43(37)59/h1-8,17,19-21,29,31,37,51,56H,9-16,18,22-24H2,(H,48,49)(H,50,57,59)/t29?,31-,37-/m0/s1. The summed E-state index contributed by atoms with van der Waals surface area (Å²) in [6, 6.07) is 15.9. The molecule has 328 valence electrons. The van der Waals surface area contributed by atoms with Gasteiger partial charge in [-0.1, -0.05) is 24.3 Å². The van der Waals surface area contributed by atoms with Gasteiger partial charge in [0, 0.05) is 98.9 Å². The maximum atomic E-state index is 15.7. The van der Waals surface area contributed by atoms with E-state index in [1.165, 1.54) is 11.1 Å². The first kappa shape index (κ1) is 42.2. The molecule has 0 spiro atoms. The lowest BCUT2D eigenvalue weighted by atomic mass is 9.99. The van der Waals surface area contributed by atoms with Crippen LogP contribution in [0.15, 0.2) is 73.1 Å². The van der Waals surface area contributed by atoms with Crippen LogP contribution in [0.4, 0.5) is 24.5 Å². The van der Waals surface area contributed by atoms with Crippen LogP contribution in [0.2, 0.25) is 0 Å². The molecule has 6 heterocycles. The molecule has 63 heavy (non-hydrogen) atoms. The summed E-state index contributed by atoms with van der Waals surface area (Å²) in [5, 5.41) is 13.7. The Morgan fingerprint density at radius 2 is 1.73 bits per heavy atom. The van der Waals surface area contributed by atoms with Crippen molar-refractivity contribution in [2.24, 2.45) is 0 Å². The molecule has 1 unspecified atom stereocenters. The van der Waals surface area contributed by atoms with E-state index in [1.54, 1.807) is 18.3 Å². The zero-order valence-electron chi connectivity index (χ0n) is 33.8. The fourth-order valence-corrected chi connectivity index (χ4v) is 10.1. The van der Waals surface area contributed by atoms with Crippen LogP contribution in [0.25, 0.3) is 22.2 Å². The molecule has 0 bridgehead atoms. The summed E-state index contributed by atoms with van der Waals surface area (Å²) >= 11 is 0. The summed E-state index contributed by atoms with van der Waals surface area (Å²) < 4.78 is 73.0. The number of imide groups is 1. The van der Waals surface area contributed by atoms with Crippen molar-refractivity contribution in [3.05, 3.63) is 113 Å². The number of hydrogen-bond donors (Lipinski definition) is 4. The minimum atomic E-state index is -4.37. The van der Waals surface area contributed by atoms with Crippen molar-refractivity contribution >= 4 is 56.1 Å². The quantitative estimate of drug-likeness (QED) is 0.106. The fraction of sp³-hybridized carbons (Fsp3) is 0.341. The van der Waals surface area contributed by atoms with Crippen molar-refractivity contribution in [2.75, 3.05) is 55.4 Å². The SMILES string of the molecule is O=C1CC[C@H](N2Cc3cc(C[C@H](O)CN4CCN(c5ccc(-c6cnc7[nH]cc(C(=O)c8c(F)ccc(NS(=O)(=O)N9CCC(F)C9)c8F)c7c6)cc5)CC4)ccc3C2=O)C(=O)N1. The topological polar surface area (TPSA) is 188 Å². The summed E-state index contributed by atoms with van der Waals surface area (Å²) in [7, 11) is -4.37. The second kappa shape index (κ2) is 16.9. The van der Waals surface area contributed by atoms with Crippen LogP contribution >= 0.6 is 0 Å². The van der Waals surface area contributed by atoms with E-state index < -0.39 is 69.6 Å². The highest BCUT2D eigenvalue weighted by Crippen LogP contribution is 2.32. The van der Waals surface area contributed by atoms with Crippen LogP contribution in [0, 0.1) is 11.6 Å². The highest BCUT2D eigenvalue weighted by atomic mass is 32.2. The number of amides is 3. The van der Waals surface area contributed by atoms with Crippen molar-refractivity contribution in [1.29, 1.82) is 0 Å². The normalized spacial score (nSPS) is 20.3. The van der Waals surface area contributed by atoms with Crippen LogP contribution in [0.3, 0.4) is 0 Å².